The number of hydrazine groups is 1. The minimum Gasteiger partial charge on any atom is -0.302 e. The van der Waals surface area contributed by atoms with Crippen molar-refractivity contribution in [2.24, 2.45) is 0 Å². The number of nitrogens with zero attached hydrogens (tertiary/aromatic N) is 4. The maximum absolute atomic E-state index is 13.7. The fourth-order valence-electron chi connectivity index (χ4n) is 4.45. The molecule has 0 aromatic carbocycles. The number of carbonyl (C=O) groups excluding carboxylic acids is 2. The summed E-state index contributed by atoms with van der Waals surface area (Å²) >= 11 is 6.31. The summed E-state index contributed by atoms with van der Waals surface area (Å²) in [5.74, 6) is -3.55. The molecule has 0 saturated heterocycles. The smallest absolute Gasteiger partial charge is 0.302 e. The maximum Gasteiger partial charge on any atom is 0.419 e. The number of pyridine rings is 1. The van der Waals surface area contributed by atoms with Crippen LogP contribution in [0.1, 0.15) is 66.1 Å². The van der Waals surface area contributed by atoms with Gasteiger partial charge in [0.05, 0.1) is 12.1 Å². The number of nitrogens with one attached hydrogen (secondary N) is 1. The van der Waals surface area contributed by atoms with Crippen molar-refractivity contribution in [1.29, 1.82) is 0 Å². The third-order valence-corrected chi connectivity index (χ3v) is 7.04. The van der Waals surface area contributed by atoms with Gasteiger partial charge in [-0.25, -0.2) is 18.8 Å². The number of hydrogen-bond acceptors (Lipinski definition) is 4. The second kappa shape index (κ2) is 9.53. The Morgan fingerprint density at radius 2 is 1.91 bits per heavy atom. The normalized spacial score (nSPS) is 18.7. The van der Waals surface area contributed by atoms with Gasteiger partial charge in [-0.05, 0) is 50.3 Å². The Bertz CT molecular complexity index is 1110. The van der Waals surface area contributed by atoms with Crippen molar-refractivity contribution in [3.8, 4) is 0 Å². The molecule has 35 heavy (non-hydrogen) atoms. The van der Waals surface area contributed by atoms with E-state index in [9.17, 15) is 31.5 Å². The summed E-state index contributed by atoms with van der Waals surface area (Å²) in [6, 6.07) is 0.922. The fraction of sp³-hybridized carbons (Fsp3) is 0.591. The number of likely N-dealkylation sites (N-methyl/N-ethyl adjacent to an activating group) is 1. The van der Waals surface area contributed by atoms with Crippen LogP contribution in [0.2, 0.25) is 5.15 Å². The lowest BCUT2D eigenvalue weighted by atomic mass is 9.91. The molecule has 2 heterocycles. The zero-order chi connectivity index (χ0) is 25.5. The Kier molecular flexibility index (Phi) is 6.98. The number of amides is 2. The highest BCUT2D eigenvalue weighted by Gasteiger charge is 2.39. The minimum absolute atomic E-state index is 0.00150. The first-order chi connectivity index (χ1) is 16.4. The van der Waals surface area contributed by atoms with E-state index in [1.54, 1.807) is 7.05 Å². The number of carbonyl (C=O) groups is 2. The number of hydrogen-bond donors (Lipinski definition) is 1. The summed E-state index contributed by atoms with van der Waals surface area (Å²) in [7, 11) is 1.73. The van der Waals surface area contributed by atoms with Crippen LogP contribution in [-0.4, -0.2) is 63.7 Å². The van der Waals surface area contributed by atoms with E-state index in [1.807, 2.05) is 4.90 Å². The van der Waals surface area contributed by atoms with E-state index in [-0.39, 0.29) is 49.5 Å². The first kappa shape index (κ1) is 25.6. The Balaban J connectivity index is 1.56. The van der Waals surface area contributed by atoms with E-state index < -0.39 is 34.9 Å². The van der Waals surface area contributed by atoms with E-state index in [2.05, 4.69) is 10.4 Å². The van der Waals surface area contributed by atoms with Gasteiger partial charge >= 0.3 is 6.18 Å². The van der Waals surface area contributed by atoms with E-state index in [0.29, 0.717) is 18.4 Å². The molecule has 2 amide bonds. The van der Waals surface area contributed by atoms with Crippen LogP contribution in [-0.2, 0) is 11.0 Å². The second-order valence-electron chi connectivity index (χ2n) is 9.18. The minimum atomic E-state index is -4.71. The molecular formula is C22H25ClF5N5O2. The molecule has 2 aliphatic rings. The highest BCUT2D eigenvalue weighted by atomic mass is 35.5. The molecular weight excluding hydrogens is 497 g/mol. The van der Waals surface area contributed by atoms with Gasteiger partial charge in [0.25, 0.3) is 5.91 Å². The lowest BCUT2D eigenvalue weighted by Crippen LogP contribution is -2.48. The standard InChI is InChI=1S/C22H25ClF5N5O2/c1-31(15-4-6-21(24,25)7-5-15)8-9-33(29-12-34)20(35)17-18(23)32-11-14(13-2-3-13)10-16(19(32)30-17)22(26,27)28/h10-13,15H,2-9H2,1H3,(H,29,34). The average Bonchev–Trinajstić information content (AvgIpc) is 3.58. The van der Waals surface area contributed by atoms with E-state index >= 15 is 0 Å². The monoisotopic (exact) mass is 521 g/mol. The lowest BCUT2D eigenvalue weighted by molar-refractivity contribution is -0.136. The van der Waals surface area contributed by atoms with Crippen molar-refractivity contribution in [2.45, 2.75) is 62.6 Å². The van der Waals surface area contributed by atoms with Gasteiger partial charge in [-0.15, -0.1) is 0 Å². The van der Waals surface area contributed by atoms with Crippen LogP contribution in [0.3, 0.4) is 0 Å². The molecule has 2 saturated carbocycles. The molecule has 0 aliphatic heterocycles. The van der Waals surface area contributed by atoms with Crippen LogP contribution in [0.25, 0.3) is 5.65 Å². The molecule has 192 valence electrons. The summed E-state index contributed by atoms with van der Waals surface area (Å²) < 4.78 is 69.1. The molecule has 13 heteroatoms. The van der Waals surface area contributed by atoms with Crippen LogP contribution in [0.15, 0.2) is 12.3 Å². The highest BCUT2D eigenvalue weighted by molar-refractivity contribution is 6.33. The summed E-state index contributed by atoms with van der Waals surface area (Å²) in [5.41, 5.74) is 0.775. The van der Waals surface area contributed by atoms with Crippen molar-refractivity contribution in [3.63, 3.8) is 0 Å². The number of alkyl halides is 5. The maximum atomic E-state index is 13.7. The number of imidazole rings is 1. The molecule has 2 aromatic rings. The number of aromatic nitrogens is 2. The van der Waals surface area contributed by atoms with E-state index in [1.165, 1.54) is 6.20 Å². The first-order valence-electron chi connectivity index (χ1n) is 11.3. The number of rotatable bonds is 8. The molecule has 0 bridgehead atoms. The highest BCUT2D eigenvalue weighted by Crippen LogP contribution is 2.43. The summed E-state index contributed by atoms with van der Waals surface area (Å²) in [6.45, 7) is 0.179. The van der Waals surface area contributed by atoms with Gasteiger partial charge in [0, 0.05) is 31.6 Å². The molecule has 2 aromatic heterocycles. The lowest BCUT2D eigenvalue weighted by Gasteiger charge is -2.35. The molecule has 0 atom stereocenters. The van der Waals surface area contributed by atoms with Gasteiger partial charge in [0.1, 0.15) is 5.15 Å². The second-order valence-corrected chi connectivity index (χ2v) is 9.53. The van der Waals surface area contributed by atoms with Gasteiger partial charge in [0.15, 0.2) is 11.3 Å². The van der Waals surface area contributed by atoms with Crippen molar-refractivity contribution >= 4 is 29.6 Å². The zero-order valence-electron chi connectivity index (χ0n) is 18.9. The van der Waals surface area contributed by atoms with Gasteiger partial charge in [-0.3, -0.25) is 19.4 Å². The van der Waals surface area contributed by atoms with Crippen molar-refractivity contribution in [1.82, 2.24) is 24.7 Å². The molecule has 1 N–H and O–H groups in total. The van der Waals surface area contributed by atoms with Gasteiger partial charge in [-0.1, -0.05) is 11.6 Å². The fourth-order valence-corrected chi connectivity index (χ4v) is 4.70. The number of fused-ring (bicyclic) bond motifs is 1. The quantitative estimate of drug-likeness (QED) is 0.315. The molecule has 0 radical (unpaired) electrons. The topological polar surface area (TPSA) is 69.9 Å². The molecule has 2 aliphatic carbocycles. The largest absolute Gasteiger partial charge is 0.419 e. The SMILES string of the molecule is CN(CCN(NC=O)C(=O)c1nc2c(C(F)(F)F)cc(C3CC3)cn2c1Cl)C1CCC(F)(F)CC1. The predicted octanol–water partition coefficient (Wildman–Crippen LogP) is 4.50. The first-order valence-corrected chi connectivity index (χ1v) is 11.7. The van der Waals surface area contributed by atoms with Crippen molar-refractivity contribution < 1.29 is 31.5 Å². The Hall–Kier alpha value is -2.47. The summed E-state index contributed by atoms with van der Waals surface area (Å²) in [6.07, 6.45) is -1.32. The van der Waals surface area contributed by atoms with Crippen LogP contribution >= 0.6 is 11.6 Å². The van der Waals surface area contributed by atoms with E-state index in [0.717, 1.165) is 28.3 Å². The third kappa shape index (κ3) is 5.53. The molecule has 0 unspecified atom stereocenters. The van der Waals surface area contributed by atoms with Crippen molar-refractivity contribution in [2.75, 3.05) is 20.1 Å². The van der Waals surface area contributed by atoms with Crippen LogP contribution < -0.4 is 5.43 Å². The Morgan fingerprint density at radius 3 is 2.49 bits per heavy atom. The van der Waals surface area contributed by atoms with Crippen LogP contribution in [0, 0.1) is 0 Å². The summed E-state index contributed by atoms with van der Waals surface area (Å²) in [5, 5.41) is 0.613. The van der Waals surface area contributed by atoms with Gasteiger partial charge in [-0.2, -0.15) is 13.2 Å². The van der Waals surface area contributed by atoms with Crippen LogP contribution in [0.4, 0.5) is 22.0 Å². The molecule has 0 spiro atoms. The molecule has 2 fully saturated rings. The predicted molar refractivity (Wildman–Crippen MR) is 117 cm³/mol. The Labute approximate surface area is 203 Å². The summed E-state index contributed by atoms with van der Waals surface area (Å²) in [4.78, 5) is 30.0. The molecule has 4 rings (SSSR count). The van der Waals surface area contributed by atoms with E-state index in [4.69, 9.17) is 11.6 Å². The van der Waals surface area contributed by atoms with Crippen molar-refractivity contribution in [3.05, 3.63) is 34.2 Å². The Morgan fingerprint density at radius 1 is 1.26 bits per heavy atom. The zero-order valence-corrected chi connectivity index (χ0v) is 19.7. The third-order valence-electron chi connectivity index (χ3n) is 6.68. The molecule has 7 nitrogen and oxygen atoms in total. The average molecular weight is 522 g/mol. The van der Waals surface area contributed by atoms with Crippen LogP contribution in [0.5, 0.6) is 0 Å². The number of halogens is 6. The van der Waals surface area contributed by atoms with Gasteiger partial charge in [0.2, 0.25) is 12.3 Å². The van der Waals surface area contributed by atoms with Gasteiger partial charge < -0.3 is 4.90 Å².